The van der Waals surface area contributed by atoms with Crippen molar-refractivity contribution in [3.05, 3.63) is 54.1 Å². The minimum atomic E-state index is 0.600. The van der Waals surface area contributed by atoms with Crippen molar-refractivity contribution < 1.29 is 0 Å². The third-order valence-corrected chi connectivity index (χ3v) is 2.08. The standard InChI is InChI=1S/C12H10N4/c13-7-10-2-1-3-11(6-10)16-9-12-8-14-4-5-15-12/h1-6,8,16H,9H2. The highest BCUT2D eigenvalue weighted by Crippen LogP contribution is 2.10. The van der Waals surface area contributed by atoms with Crippen LogP contribution in [-0.2, 0) is 6.54 Å². The van der Waals surface area contributed by atoms with Crippen molar-refractivity contribution in [2.24, 2.45) is 0 Å². The van der Waals surface area contributed by atoms with E-state index >= 15 is 0 Å². The van der Waals surface area contributed by atoms with E-state index in [1.54, 1.807) is 30.7 Å². The fourth-order valence-electron chi connectivity index (χ4n) is 1.31. The van der Waals surface area contributed by atoms with E-state index in [0.717, 1.165) is 11.4 Å². The quantitative estimate of drug-likeness (QED) is 0.841. The molecule has 0 aliphatic rings. The van der Waals surface area contributed by atoms with E-state index in [4.69, 9.17) is 5.26 Å². The van der Waals surface area contributed by atoms with Crippen molar-refractivity contribution in [1.82, 2.24) is 9.97 Å². The van der Waals surface area contributed by atoms with E-state index in [1.807, 2.05) is 12.1 Å². The Bertz CT molecular complexity index is 502. The molecular weight excluding hydrogens is 200 g/mol. The average molecular weight is 210 g/mol. The maximum atomic E-state index is 8.75. The molecule has 4 heteroatoms. The molecule has 2 rings (SSSR count). The smallest absolute Gasteiger partial charge is 0.0992 e. The van der Waals surface area contributed by atoms with Gasteiger partial charge in [0.25, 0.3) is 0 Å². The largest absolute Gasteiger partial charge is 0.379 e. The highest BCUT2D eigenvalue weighted by Gasteiger charge is 1.96. The van der Waals surface area contributed by atoms with Crippen LogP contribution in [0.3, 0.4) is 0 Å². The predicted octanol–water partition coefficient (Wildman–Crippen LogP) is 1.96. The third-order valence-electron chi connectivity index (χ3n) is 2.08. The molecule has 0 amide bonds. The van der Waals surface area contributed by atoms with Crippen LogP contribution in [0.4, 0.5) is 5.69 Å². The van der Waals surface area contributed by atoms with Crippen molar-refractivity contribution >= 4 is 5.69 Å². The van der Waals surface area contributed by atoms with Gasteiger partial charge in [0, 0.05) is 18.1 Å². The molecule has 1 heterocycles. The maximum Gasteiger partial charge on any atom is 0.0992 e. The first-order chi connectivity index (χ1) is 7.88. The van der Waals surface area contributed by atoms with Crippen molar-refractivity contribution in [1.29, 1.82) is 5.26 Å². The van der Waals surface area contributed by atoms with E-state index in [1.165, 1.54) is 0 Å². The van der Waals surface area contributed by atoms with E-state index < -0.39 is 0 Å². The number of rotatable bonds is 3. The molecule has 0 aliphatic carbocycles. The van der Waals surface area contributed by atoms with Crippen LogP contribution in [-0.4, -0.2) is 9.97 Å². The van der Waals surface area contributed by atoms with Crippen LogP contribution >= 0.6 is 0 Å². The second-order valence-corrected chi connectivity index (χ2v) is 3.24. The summed E-state index contributed by atoms with van der Waals surface area (Å²) in [7, 11) is 0. The van der Waals surface area contributed by atoms with Crippen LogP contribution in [0.15, 0.2) is 42.9 Å². The minimum absolute atomic E-state index is 0.600. The first kappa shape index (κ1) is 10.1. The molecule has 0 radical (unpaired) electrons. The SMILES string of the molecule is N#Cc1cccc(NCc2cnccn2)c1. The first-order valence-corrected chi connectivity index (χ1v) is 4.87. The predicted molar refractivity (Wildman–Crippen MR) is 60.5 cm³/mol. The number of benzene rings is 1. The zero-order chi connectivity index (χ0) is 11.2. The number of nitrogens with one attached hydrogen (secondary N) is 1. The van der Waals surface area contributed by atoms with Gasteiger partial charge >= 0.3 is 0 Å². The number of hydrogen-bond acceptors (Lipinski definition) is 4. The molecule has 0 saturated carbocycles. The van der Waals surface area contributed by atoms with E-state index in [-0.39, 0.29) is 0 Å². The van der Waals surface area contributed by atoms with Gasteiger partial charge < -0.3 is 5.32 Å². The lowest BCUT2D eigenvalue weighted by molar-refractivity contribution is 1.01. The molecular formula is C12H10N4. The van der Waals surface area contributed by atoms with Gasteiger partial charge in [0.1, 0.15) is 0 Å². The Morgan fingerprint density at radius 2 is 2.25 bits per heavy atom. The zero-order valence-corrected chi connectivity index (χ0v) is 8.59. The lowest BCUT2D eigenvalue weighted by Crippen LogP contribution is -2.01. The first-order valence-electron chi connectivity index (χ1n) is 4.87. The third kappa shape index (κ3) is 2.55. The number of aromatic nitrogens is 2. The van der Waals surface area contributed by atoms with E-state index in [0.29, 0.717) is 12.1 Å². The fourth-order valence-corrected chi connectivity index (χ4v) is 1.31. The summed E-state index contributed by atoms with van der Waals surface area (Å²) in [6.07, 6.45) is 5.00. The number of anilines is 1. The van der Waals surface area contributed by atoms with Crippen LogP contribution < -0.4 is 5.32 Å². The summed E-state index contributed by atoms with van der Waals surface area (Å²) in [6, 6.07) is 9.43. The Hall–Kier alpha value is -2.41. The Balaban J connectivity index is 2.03. The van der Waals surface area contributed by atoms with Crippen molar-refractivity contribution in [2.75, 3.05) is 5.32 Å². The van der Waals surface area contributed by atoms with Gasteiger partial charge in [-0.1, -0.05) is 6.07 Å². The average Bonchev–Trinajstić information content (AvgIpc) is 2.38. The highest BCUT2D eigenvalue weighted by molar-refractivity contribution is 5.49. The molecule has 0 saturated heterocycles. The van der Waals surface area contributed by atoms with Gasteiger partial charge in [-0.05, 0) is 18.2 Å². The summed E-state index contributed by atoms with van der Waals surface area (Å²) in [5, 5.41) is 11.9. The molecule has 4 nitrogen and oxygen atoms in total. The van der Waals surface area contributed by atoms with E-state index in [9.17, 15) is 0 Å². The Morgan fingerprint density at radius 3 is 3.00 bits per heavy atom. The number of nitriles is 1. The van der Waals surface area contributed by atoms with Gasteiger partial charge in [-0.3, -0.25) is 9.97 Å². The van der Waals surface area contributed by atoms with Crippen LogP contribution in [0.2, 0.25) is 0 Å². The minimum Gasteiger partial charge on any atom is -0.379 e. The molecule has 0 atom stereocenters. The summed E-state index contributed by atoms with van der Waals surface area (Å²) in [4.78, 5) is 8.12. The lowest BCUT2D eigenvalue weighted by atomic mass is 10.2. The van der Waals surface area contributed by atoms with Gasteiger partial charge in [-0.15, -0.1) is 0 Å². The molecule has 0 bridgehead atoms. The monoisotopic (exact) mass is 210 g/mol. The number of nitrogens with zero attached hydrogens (tertiary/aromatic N) is 3. The lowest BCUT2D eigenvalue weighted by Gasteiger charge is -2.05. The normalized spacial score (nSPS) is 9.44. The summed E-state index contributed by atoms with van der Waals surface area (Å²) in [5.74, 6) is 0. The molecule has 1 aromatic heterocycles. The number of hydrogen-bond donors (Lipinski definition) is 1. The molecule has 0 unspecified atom stereocenters. The fraction of sp³-hybridized carbons (Fsp3) is 0.0833. The summed E-state index contributed by atoms with van der Waals surface area (Å²) in [5.41, 5.74) is 2.42. The Kier molecular flexibility index (Phi) is 3.10. The second-order valence-electron chi connectivity index (χ2n) is 3.24. The van der Waals surface area contributed by atoms with Crippen LogP contribution in [0.1, 0.15) is 11.3 Å². The van der Waals surface area contributed by atoms with Crippen molar-refractivity contribution in [3.8, 4) is 6.07 Å². The summed E-state index contributed by atoms with van der Waals surface area (Å²) >= 11 is 0. The van der Waals surface area contributed by atoms with Crippen LogP contribution in [0, 0.1) is 11.3 Å². The van der Waals surface area contributed by atoms with Crippen LogP contribution in [0.25, 0.3) is 0 Å². The highest BCUT2D eigenvalue weighted by atomic mass is 14.9. The zero-order valence-electron chi connectivity index (χ0n) is 8.59. The van der Waals surface area contributed by atoms with Crippen molar-refractivity contribution in [3.63, 3.8) is 0 Å². The van der Waals surface area contributed by atoms with Gasteiger partial charge in [0.2, 0.25) is 0 Å². The molecule has 78 valence electrons. The Morgan fingerprint density at radius 1 is 1.31 bits per heavy atom. The van der Waals surface area contributed by atoms with Crippen LogP contribution in [0.5, 0.6) is 0 Å². The second kappa shape index (κ2) is 4.89. The summed E-state index contributed by atoms with van der Waals surface area (Å²) in [6.45, 7) is 0.600. The molecule has 2 aromatic rings. The topological polar surface area (TPSA) is 61.6 Å². The van der Waals surface area contributed by atoms with Gasteiger partial charge in [0.15, 0.2) is 0 Å². The molecule has 0 spiro atoms. The van der Waals surface area contributed by atoms with Crippen molar-refractivity contribution in [2.45, 2.75) is 6.54 Å². The van der Waals surface area contributed by atoms with Gasteiger partial charge in [-0.25, -0.2) is 0 Å². The molecule has 0 aliphatic heterocycles. The van der Waals surface area contributed by atoms with Gasteiger partial charge in [-0.2, -0.15) is 5.26 Å². The molecule has 0 fully saturated rings. The van der Waals surface area contributed by atoms with E-state index in [2.05, 4.69) is 21.4 Å². The molecule has 16 heavy (non-hydrogen) atoms. The molecule has 1 aromatic carbocycles. The molecule has 1 N–H and O–H groups in total. The summed E-state index contributed by atoms with van der Waals surface area (Å²) < 4.78 is 0. The maximum absolute atomic E-state index is 8.75. The Labute approximate surface area is 93.6 Å². The van der Waals surface area contributed by atoms with Gasteiger partial charge in [0.05, 0.1) is 30.1 Å².